The van der Waals surface area contributed by atoms with Gasteiger partial charge in [0.05, 0.1) is 36.1 Å². The Hall–Kier alpha value is -2.01. The fraction of sp³-hybridized carbons (Fsp3) is 0.176. The molecule has 5 nitrogen and oxygen atoms in total. The summed E-state index contributed by atoms with van der Waals surface area (Å²) in [5.74, 6) is -1.71. The molecule has 10 heteroatoms. The summed E-state index contributed by atoms with van der Waals surface area (Å²) in [6.07, 6.45) is 1.09. The van der Waals surface area contributed by atoms with Gasteiger partial charge >= 0.3 is 18.1 Å². The van der Waals surface area contributed by atoms with Gasteiger partial charge in [0.1, 0.15) is 5.70 Å². The topological polar surface area (TPSA) is 55.8 Å². The highest BCUT2D eigenvalue weighted by Gasteiger charge is 2.34. The van der Waals surface area contributed by atoms with Crippen LogP contribution in [0.5, 0.6) is 0 Å². The molecule has 0 saturated carbocycles. The van der Waals surface area contributed by atoms with E-state index in [0.29, 0.717) is 0 Å². The molecule has 1 aliphatic heterocycles. The Morgan fingerprint density at radius 2 is 1.74 bits per heavy atom. The Morgan fingerprint density at radius 3 is 2.26 bits per heavy atom. The quantitative estimate of drug-likeness (QED) is 0.442. The number of rotatable bonds is 3. The first-order valence-corrected chi connectivity index (χ1v) is 8.68. The highest BCUT2D eigenvalue weighted by molar-refractivity contribution is 14.1. The van der Waals surface area contributed by atoms with Gasteiger partial charge < -0.3 is 14.4 Å². The molecule has 144 valence electrons. The van der Waals surface area contributed by atoms with Crippen LogP contribution in [0.4, 0.5) is 18.9 Å². The molecule has 0 fully saturated rings. The van der Waals surface area contributed by atoms with Crippen molar-refractivity contribution in [3.63, 3.8) is 0 Å². The number of carbonyl (C=O) groups is 2. The second-order valence-corrected chi connectivity index (χ2v) is 6.67. The zero-order chi connectivity index (χ0) is 20.4. The summed E-state index contributed by atoms with van der Waals surface area (Å²) in [4.78, 5) is 25.7. The van der Waals surface area contributed by atoms with Crippen molar-refractivity contribution in [2.75, 3.05) is 19.1 Å². The first-order valence-electron chi connectivity index (χ1n) is 7.23. The summed E-state index contributed by atoms with van der Waals surface area (Å²) in [7, 11) is 2.25. The number of methoxy groups -OCH3 is 2. The molecule has 0 radical (unpaired) electrons. The minimum absolute atomic E-state index is 0.0898. The fourth-order valence-corrected chi connectivity index (χ4v) is 3.65. The summed E-state index contributed by atoms with van der Waals surface area (Å²) >= 11 is 7.78. The number of allylic oxidation sites excluding steroid dienone is 2. The lowest BCUT2D eigenvalue weighted by atomic mass is 10.1. The predicted molar refractivity (Wildman–Crippen MR) is 101 cm³/mol. The molecule has 1 aromatic carbocycles. The lowest BCUT2D eigenvalue weighted by Crippen LogP contribution is -2.28. The van der Waals surface area contributed by atoms with E-state index in [1.165, 1.54) is 29.3 Å². The number of halogens is 5. The number of esters is 2. The van der Waals surface area contributed by atoms with E-state index in [0.717, 1.165) is 26.4 Å². The van der Waals surface area contributed by atoms with Crippen molar-refractivity contribution in [2.24, 2.45) is 0 Å². The highest BCUT2D eigenvalue weighted by Crippen LogP contribution is 2.40. The molecule has 0 atom stereocenters. The third-order valence-corrected chi connectivity index (χ3v) is 4.58. The molecule has 0 aliphatic carbocycles. The van der Waals surface area contributed by atoms with E-state index in [2.05, 4.69) is 4.74 Å². The Labute approximate surface area is 171 Å². The molecular formula is C17H12ClF3INO4. The average Bonchev–Trinajstić information content (AvgIpc) is 2.82. The van der Waals surface area contributed by atoms with Crippen molar-refractivity contribution < 1.29 is 32.2 Å². The number of anilines is 1. The second kappa shape index (κ2) is 8.34. The minimum atomic E-state index is -4.59. The van der Waals surface area contributed by atoms with Gasteiger partial charge in [-0.1, -0.05) is 17.7 Å². The van der Waals surface area contributed by atoms with E-state index >= 15 is 0 Å². The monoisotopic (exact) mass is 513 g/mol. The highest BCUT2D eigenvalue weighted by atomic mass is 127. The standard InChI is InChI=1S/C17H12ClF3INO4/c1-26-15(24)10-5-3-4-6-23(13(10)16(25)27-2)14-11(18)7-9(8-12(14)22)17(19,20)21/h3-8H,1-2H3. The Kier molecular flexibility index (Phi) is 6.58. The van der Waals surface area contributed by atoms with E-state index in [-0.39, 0.29) is 25.6 Å². The molecule has 0 amide bonds. The molecule has 1 aliphatic rings. The van der Waals surface area contributed by atoms with E-state index < -0.39 is 23.7 Å². The molecular weight excluding hydrogens is 502 g/mol. The van der Waals surface area contributed by atoms with Crippen molar-refractivity contribution in [1.82, 2.24) is 0 Å². The predicted octanol–water partition coefficient (Wildman–Crippen LogP) is 4.45. The maximum Gasteiger partial charge on any atom is 0.416 e. The van der Waals surface area contributed by atoms with Crippen molar-refractivity contribution >= 4 is 51.8 Å². The summed E-state index contributed by atoms with van der Waals surface area (Å²) in [5.41, 5.74) is -1.23. The van der Waals surface area contributed by atoms with Gasteiger partial charge in [0.25, 0.3) is 0 Å². The van der Waals surface area contributed by atoms with Gasteiger partial charge in [-0.2, -0.15) is 13.2 Å². The molecule has 0 aromatic heterocycles. The number of carbonyl (C=O) groups excluding carboxylic acids is 2. The Morgan fingerprint density at radius 1 is 1.11 bits per heavy atom. The largest absolute Gasteiger partial charge is 0.465 e. The molecule has 0 spiro atoms. The van der Waals surface area contributed by atoms with Crippen LogP contribution in [0.25, 0.3) is 0 Å². The van der Waals surface area contributed by atoms with Crippen molar-refractivity contribution in [1.29, 1.82) is 0 Å². The van der Waals surface area contributed by atoms with Gasteiger partial charge in [-0.15, -0.1) is 0 Å². The van der Waals surface area contributed by atoms with Gasteiger partial charge in [0, 0.05) is 9.77 Å². The van der Waals surface area contributed by atoms with Crippen LogP contribution in [0.3, 0.4) is 0 Å². The summed E-state index contributed by atoms with van der Waals surface area (Å²) < 4.78 is 48.6. The van der Waals surface area contributed by atoms with E-state index in [1.54, 1.807) is 22.6 Å². The molecule has 0 bridgehead atoms. The van der Waals surface area contributed by atoms with Crippen LogP contribution >= 0.6 is 34.2 Å². The summed E-state index contributed by atoms with van der Waals surface area (Å²) in [6, 6.07) is 1.64. The number of alkyl halides is 3. The zero-order valence-corrected chi connectivity index (χ0v) is 16.8. The van der Waals surface area contributed by atoms with Gasteiger partial charge in [0.15, 0.2) is 0 Å². The lowest BCUT2D eigenvalue weighted by Gasteiger charge is -2.25. The molecule has 0 N–H and O–H groups in total. The average molecular weight is 514 g/mol. The van der Waals surface area contributed by atoms with Gasteiger partial charge in [-0.3, -0.25) is 0 Å². The van der Waals surface area contributed by atoms with Crippen LogP contribution in [0, 0.1) is 3.57 Å². The van der Waals surface area contributed by atoms with E-state index in [1.807, 2.05) is 0 Å². The van der Waals surface area contributed by atoms with Gasteiger partial charge in [-0.25, -0.2) is 9.59 Å². The molecule has 1 aromatic rings. The zero-order valence-electron chi connectivity index (χ0n) is 13.9. The molecule has 0 unspecified atom stereocenters. The Bertz CT molecular complexity index is 854. The van der Waals surface area contributed by atoms with Crippen LogP contribution in [0.2, 0.25) is 5.02 Å². The lowest BCUT2D eigenvalue weighted by molar-refractivity contribution is -0.139. The number of nitrogens with zero attached hydrogens (tertiary/aromatic N) is 1. The van der Waals surface area contributed by atoms with Crippen LogP contribution in [-0.4, -0.2) is 26.2 Å². The van der Waals surface area contributed by atoms with E-state index in [9.17, 15) is 22.8 Å². The van der Waals surface area contributed by atoms with Gasteiger partial charge in [-0.05, 0) is 46.9 Å². The molecule has 1 heterocycles. The van der Waals surface area contributed by atoms with Crippen LogP contribution in [0.15, 0.2) is 47.8 Å². The van der Waals surface area contributed by atoms with Crippen molar-refractivity contribution in [3.8, 4) is 0 Å². The first kappa shape index (κ1) is 21.3. The van der Waals surface area contributed by atoms with Crippen molar-refractivity contribution in [2.45, 2.75) is 6.18 Å². The maximum atomic E-state index is 13.0. The SMILES string of the molecule is COC(=O)C1=C(C(=O)OC)N(c2c(Cl)cc(C(F)(F)F)cc2I)C=CC=C1. The fourth-order valence-electron chi connectivity index (χ4n) is 2.30. The first-order chi connectivity index (χ1) is 12.6. The second-order valence-electron chi connectivity index (χ2n) is 5.10. The molecule has 2 rings (SSSR count). The Balaban J connectivity index is 2.75. The third-order valence-electron chi connectivity index (χ3n) is 3.47. The van der Waals surface area contributed by atoms with Gasteiger partial charge in [0.2, 0.25) is 0 Å². The normalized spacial score (nSPS) is 14.3. The summed E-state index contributed by atoms with van der Waals surface area (Å²) in [6.45, 7) is 0. The number of hydrogen-bond acceptors (Lipinski definition) is 5. The number of ether oxygens (including phenoxy) is 2. The van der Waals surface area contributed by atoms with Crippen LogP contribution in [0.1, 0.15) is 5.56 Å². The van der Waals surface area contributed by atoms with E-state index in [4.69, 9.17) is 16.3 Å². The van der Waals surface area contributed by atoms with Crippen LogP contribution in [-0.2, 0) is 25.2 Å². The summed E-state index contributed by atoms with van der Waals surface area (Å²) in [5, 5.41) is -0.258. The van der Waals surface area contributed by atoms with Crippen LogP contribution < -0.4 is 4.90 Å². The number of benzene rings is 1. The minimum Gasteiger partial charge on any atom is -0.465 e. The number of hydrogen-bond donors (Lipinski definition) is 0. The molecule has 0 saturated heterocycles. The smallest absolute Gasteiger partial charge is 0.416 e. The third kappa shape index (κ3) is 4.46. The molecule has 27 heavy (non-hydrogen) atoms. The maximum absolute atomic E-state index is 13.0. The van der Waals surface area contributed by atoms with Crippen molar-refractivity contribution in [3.05, 3.63) is 62.0 Å².